The van der Waals surface area contributed by atoms with Crippen molar-refractivity contribution in [3.63, 3.8) is 0 Å². The zero-order valence-corrected chi connectivity index (χ0v) is 6.35. The molecule has 0 heterocycles. The van der Waals surface area contributed by atoms with Crippen LogP contribution in [0.4, 0.5) is 0 Å². The molecule has 0 amide bonds. The van der Waals surface area contributed by atoms with Crippen LogP contribution in [0.25, 0.3) is 10.4 Å². The first-order chi connectivity index (χ1) is 5.34. The second kappa shape index (κ2) is 2.40. The molecule has 2 rings (SSSR count). The van der Waals surface area contributed by atoms with Gasteiger partial charge in [0, 0.05) is 17.5 Å². The van der Waals surface area contributed by atoms with Crippen molar-refractivity contribution < 1.29 is 0 Å². The van der Waals surface area contributed by atoms with E-state index < -0.39 is 0 Å². The summed E-state index contributed by atoms with van der Waals surface area (Å²) in [5, 5.41) is 3.58. The zero-order valence-electron chi connectivity index (χ0n) is 6.35. The zero-order chi connectivity index (χ0) is 7.84. The van der Waals surface area contributed by atoms with Crippen molar-refractivity contribution >= 4 is 0 Å². The molecule has 4 unspecified atom stereocenters. The van der Waals surface area contributed by atoms with E-state index in [2.05, 4.69) is 10.0 Å². The van der Waals surface area contributed by atoms with E-state index in [4.69, 9.17) is 11.3 Å². The Kier molecular flexibility index (Phi) is 1.51. The number of rotatable bonds is 2. The maximum Gasteiger partial charge on any atom is 0.0292 e. The lowest BCUT2D eigenvalue weighted by Crippen LogP contribution is -2.21. The van der Waals surface area contributed by atoms with Crippen LogP contribution in [0.1, 0.15) is 12.8 Å². The Bertz CT molecular complexity index is 208. The van der Waals surface area contributed by atoms with E-state index in [9.17, 15) is 0 Å². The largest absolute Gasteiger partial charge is 0.327 e. The van der Waals surface area contributed by atoms with Crippen molar-refractivity contribution in [3.8, 4) is 0 Å². The van der Waals surface area contributed by atoms with Crippen LogP contribution in [0.15, 0.2) is 5.11 Å². The van der Waals surface area contributed by atoms with Crippen LogP contribution in [0.5, 0.6) is 0 Å². The Morgan fingerprint density at radius 3 is 2.91 bits per heavy atom. The number of hydrogen-bond donors (Lipinski definition) is 1. The van der Waals surface area contributed by atoms with E-state index in [1.807, 2.05) is 0 Å². The molecule has 2 N–H and O–H groups in total. The number of nitrogens with two attached hydrogens (primary N) is 1. The van der Waals surface area contributed by atoms with Crippen LogP contribution < -0.4 is 5.73 Å². The number of azide groups is 1. The minimum absolute atomic E-state index is 0.388. The summed E-state index contributed by atoms with van der Waals surface area (Å²) < 4.78 is 0. The van der Waals surface area contributed by atoms with Crippen LogP contribution in [0.2, 0.25) is 0 Å². The molecule has 0 aromatic heterocycles. The van der Waals surface area contributed by atoms with E-state index in [-0.39, 0.29) is 0 Å². The minimum Gasteiger partial charge on any atom is -0.327 e. The lowest BCUT2D eigenvalue weighted by molar-refractivity contribution is 0.532. The Morgan fingerprint density at radius 2 is 2.36 bits per heavy atom. The van der Waals surface area contributed by atoms with Crippen LogP contribution >= 0.6 is 0 Å². The lowest BCUT2D eigenvalue weighted by atomic mass is 10.1. The molecule has 0 aromatic carbocycles. The molecule has 2 saturated carbocycles. The third-order valence-corrected chi connectivity index (χ3v) is 3.08. The molecule has 11 heavy (non-hydrogen) atoms. The molecule has 4 atom stereocenters. The van der Waals surface area contributed by atoms with E-state index in [0.717, 1.165) is 5.92 Å². The number of hydrogen-bond acceptors (Lipinski definition) is 2. The summed E-state index contributed by atoms with van der Waals surface area (Å²) in [5.74, 6) is 2.09. The summed E-state index contributed by atoms with van der Waals surface area (Å²) in [6, 6.07) is 0.388. The Labute approximate surface area is 65.4 Å². The first-order valence-electron chi connectivity index (χ1n) is 4.11. The fraction of sp³-hybridized carbons (Fsp3) is 1.00. The quantitative estimate of drug-likeness (QED) is 0.361. The van der Waals surface area contributed by atoms with Gasteiger partial charge < -0.3 is 5.73 Å². The van der Waals surface area contributed by atoms with E-state index in [0.29, 0.717) is 24.4 Å². The van der Waals surface area contributed by atoms with Crippen LogP contribution in [0, 0.1) is 17.8 Å². The normalized spacial score (nSPS) is 46.3. The average molecular weight is 152 g/mol. The van der Waals surface area contributed by atoms with Crippen LogP contribution in [-0.2, 0) is 0 Å². The Balaban J connectivity index is 1.89. The van der Waals surface area contributed by atoms with E-state index in [1.165, 1.54) is 12.8 Å². The van der Waals surface area contributed by atoms with Crippen molar-refractivity contribution in [2.45, 2.75) is 18.9 Å². The standard InChI is InChI=1S/C7H12N4/c8-6-2-1-4-5(7(4)6)3-10-11-9/h4-7H,1-3,8H2. The molecule has 0 aromatic rings. The molecule has 4 nitrogen and oxygen atoms in total. The van der Waals surface area contributed by atoms with Crippen molar-refractivity contribution in [3.05, 3.63) is 10.4 Å². The topological polar surface area (TPSA) is 74.8 Å². The van der Waals surface area contributed by atoms with Gasteiger partial charge in [-0.2, -0.15) is 0 Å². The summed E-state index contributed by atoms with van der Waals surface area (Å²) in [6.45, 7) is 0.666. The van der Waals surface area contributed by atoms with Crippen molar-refractivity contribution in [2.75, 3.05) is 6.54 Å². The minimum atomic E-state index is 0.388. The predicted octanol–water partition coefficient (Wildman–Crippen LogP) is 1.28. The van der Waals surface area contributed by atoms with Gasteiger partial charge in [-0.15, -0.1) is 0 Å². The fourth-order valence-electron chi connectivity index (χ4n) is 2.48. The van der Waals surface area contributed by atoms with Crippen molar-refractivity contribution in [1.29, 1.82) is 0 Å². The molecule has 0 saturated heterocycles. The van der Waals surface area contributed by atoms with Crippen LogP contribution in [-0.4, -0.2) is 12.6 Å². The van der Waals surface area contributed by atoms with Gasteiger partial charge in [-0.1, -0.05) is 5.11 Å². The number of nitrogens with zero attached hydrogens (tertiary/aromatic N) is 3. The first-order valence-corrected chi connectivity index (χ1v) is 4.11. The van der Waals surface area contributed by atoms with Gasteiger partial charge >= 0.3 is 0 Å². The predicted molar refractivity (Wildman–Crippen MR) is 41.7 cm³/mol. The van der Waals surface area contributed by atoms with Crippen molar-refractivity contribution in [2.24, 2.45) is 28.6 Å². The highest BCUT2D eigenvalue weighted by molar-refractivity contribution is 5.07. The molecular formula is C7H12N4. The van der Waals surface area contributed by atoms with Gasteiger partial charge in [0.25, 0.3) is 0 Å². The highest BCUT2D eigenvalue weighted by Crippen LogP contribution is 2.56. The average Bonchev–Trinajstić information content (AvgIpc) is 2.58. The van der Waals surface area contributed by atoms with E-state index >= 15 is 0 Å². The SMILES string of the molecule is [N-]=[N+]=NCC1C2CCC(N)C21. The van der Waals surface area contributed by atoms with Crippen LogP contribution in [0.3, 0.4) is 0 Å². The van der Waals surface area contributed by atoms with Gasteiger partial charge in [0.2, 0.25) is 0 Å². The third-order valence-electron chi connectivity index (χ3n) is 3.08. The first kappa shape index (κ1) is 6.95. The highest BCUT2D eigenvalue weighted by Gasteiger charge is 2.55. The molecular weight excluding hydrogens is 140 g/mol. The second-order valence-electron chi connectivity index (χ2n) is 3.56. The monoisotopic (exact) mass is 152 g/mol. The van der Waals surface area contributed by atoms with Gasteiger partial charge in [0.15, 0.2) is 0 Å². The Hall–Kier alpha value is -0.730. The van der Waals surface area contributed by atoms with Gasteiger partial charge in [-0.3, -0.25) is 0 Å². The third kappa shape index (κ3) is 0.988. The Morgan fingerprint density at radius 1 is 1.55 bits per heavy atom. The molecule has 0 spiro atoms. The summed E-state index contributed by atoms with van der Waals surface area (Å²) in [6.07, 6.45) is 2.42. The summed E-state index contributed by atoms with van der Waals surface area (Å²) >= 11 is 0. The fourth-order valence-corrected chi connectivity index (χ4v) is 2.48. The summed E-state index contributed by atoms with van der Waals surface area (Å²) in [5.41, 5.74) is 13.9. The maximum absolute atomic E-state index is 8.10. The smallest absolute Gasteiger partial charge is 0.0292 e. The molecule has 0 bridgehead atoms. The molecule has 60 valence electrons. The summed E-state index contributed by atoms with van der Waals surface area (Å²) in [4.78, 5) is 2.75. The summed E-state index contributed by atoms with van der Waals surface area (Å²) in [7, 11) is 0. The van der Waals surface area contributed by atoms with E-state index in [1.54, 1.807) is 0 Å². The second-order valence-corrected chi connectivity index (χ2v) is 3.56. The molecule has 0 radical (unpaired) electrons. The molecule has 4 heteroatoms. The van der Waals surface area contributed by atoms with Gasteiger partial charge in [0.05, 0.1) is 0 Å². The number of fused-ring (bicyclic) bond motifs is 1. The maximum atomic E-state index is 8.10. The molecule has 2 fully saturated rings. The molecule has 2 aliphatic carbocycles. The van der Waals surface area contributed by atoms with Gasteiger partial charge in [-0.05, 0) is 36.1 Å². The highest BCUT2D eigenvalue weighted by atomic mass is 15.1. The van der Waals surface area contributed by atoms with Gasteiger partial charge in [-0.25, -0.2) is 0 Å². The van der Waals surface area contributed by atoms with Gasteiger partial charge in [0.1, 0.15) is 0 Å². The van der Waals surface area contributed by atoms with Crippen molar-refractivity contribution in [1.82, 2.24) is 0 Å². The molecule has 2 aliphatic rings. The lowest BCUT2D eigenvalue weighted by Gasteiger charge is -2.05. The molecule has 0 aliphatic heterocycles.